The molecule has 0 aliphatic rings. The Bertz CT molecular complexity index is 847. The second kappa shape index (κ2) is 8.11. The van der Waals surface area contributed by atoms with Gasteiger partial charge < -0.3 is 10.1 Å². The van der Waals surface area contributed by atoms with E-state index in [1.807, 2.05) is 67.6 Å². The normalized spacial score (nSPS) is 10.3. The zero-order valence-electron chi connectivity index (χ0n) is 14.1. The second-order valence-corrected chi connectivity index (χ2v) is 5.64. The van der Waals surface area contributed by atoms with Crippen molar-refractivity contribution >= 4 is 11.6 Å². The molecular formula is C21H20N2O2. The van der Waals surface area contributed by atoms with E-state index in [9.17, 15) is 4.79 Å². The lowest BCUT2D eigenvalue weighted by molar-refractivity contribution is 0.102. The van der Waals surface area contributed by atoms with Gasteiger partial charge in [-0.05, 0) is 36.2 Å². The van der Waals surface area contributed by atoms with Crippen molar-refractivity contribution in [2.24, 2.45) is 0 Å². The van der Waals surface area contributed by atoms with Gasteiger partial charge in [0.05, 0.1) is 0 Å². The molecule has 4 nitrogen and oxygen atoms in total. The summed E-state index contributed by atoms with van der Waals surface area (Å²) in [4.78, 5) is 16.6. The quantitative estimate of drug-likeness (QED) is 0.724. The van der Waals surface area contributed by atoms with Gasteiger partial charge in [-0.25, -0.2) is 0 Å². The predicted molar refractivity (Wildman–Crippen MR) is 98.8 cm³/mol. The van der Waals surface area contributed by atoms with E-state index in [1.54, 1.807) is 12.4 Å². The van der Waals surface area contributed by atoms with Gasteiger partial charge in [0, 0.05) is 35.3 Å². The monoisotopic (exact) mass is 332 g/mol. The number of hydrogen-bond donors (Lipinski definition) is 1. The molecule has 0 spiro atoms. The number of amides is 1. The third-order valence-corrected chi connectivity index (χ3v) is 3.86. The first kappa shape index (κ1) is 16.7. The summed E-state index contributed by atoms with van der Waals surface area (Å²) < 4.78 is 5.77. The molecule has 4 heteroatoms. The number of nitrogens with zero attached hydrogens (tertiary/aromatic N) is 1. The van der Waals surface area contributed by atoms with Gasteiger partial charge in [-0.15, -0.1) is 0 Å². The summed E-state index contributed by atoms with van der Waals surface area (Å²) in [6.45, 7) is 2.48. The minimum Gasteiger partial charge on any atom is -0.489 e. The van der Waals surface area contributed by atoms with Crippen molar-refractivity contribution < 1.29 is 9.53 Å². The van der Waals surface area contributed by atoms with E-state index in [0.29, 0.717) is 23.6 Å². The van der Waals surface area contributed by atoms with Gasteiger partial charge >= 0.3 is 0 Å². The van der Waals surface area contributed by atoms with Crippen LogP contribution in [0.1, 0.15) is 28.4 Å². The molecule has 25 heavy (non-hydrogen) atoms. The van der Waals surface area contributed by atoms with Crippen LogP contribution < -0.4 is 10.1 Å². The fraction of sp³-hybridized carbons (Fsp3) is 0.143. The molecule has 0 saturated heterocycles. The summed E-state index contributed by atoms with van der Waals surface area (Å²) in [5.74, 6) is 0.590. The van der Waals surface area contributed by atoms with Crippen molar-refractivity contribution in [3.63, 3.8) is 0 Å². The number of hydrogen-bond acceptors (Lipinski definition) is 3. The topological polar surface area (TPSA) is 51.2 Å². The van der Waals surface area contributed by atoms with E-state index in [-0.39, 0.29) is 5.91 Å². The molecule has 0 bridgehead atoms. The number of benzene rings is 2. The fourth-order valence-corrected chi connectivity index (χ4v) is 2.56. The van der Waals surface area contributed by atoms with Gasteiger partial charge in [0.1, 0.15) is 12.4 Å². The maximum Gasteiger partial charge on any atom is 0.255 e. The molecule has 1 heterocycles. The summed E-state index contributed by atoms with van der Waals surface area (Å²) in [5.41, 5.74) is 3.43. The summed E-state index contributed by atoms with van der Waals surface area (Å²) in [5, 5.41) is 2.94. The number of ether oxygens (including phenoxy) is 1. The Kier molecular flexibility index (Phi) is 5.42. The number of anilines is 1. The maximum absolute atomic E-state index is 12.5. The van der Waals surface area contributed by atoms with Crippen LogP contribution in [0.15, 0.2) is 73.1 Å². The Labute approximate surface area is 147 Å². The highest BCUT2D eigenvalue weighted by molar-refractivity contribution is 6.05. The Balaban J connectivity index is 1.68. The van der Waals surface area contributed by atoms with Crippen LogP contribution in [0.25, 0.3) is 0 Å². The molecule has 0 saturated carbocycles. The Morgan fingerprint density at radius 1 is 1.08 bits per heavy atom. The molecule has 0 aliphatic heterocycles. The lowest BCUT2D eigenvalue weighted by Gasteiger charge is -2.11. The molecule has 3 aromatic rings. The highest BCUT2D eigenvalue weighted by Gasteiger charge is 2.10. The van der Waals surface area contributed by atoms with E-state index in [1.165, 1.54) is 0 Å². The molecule has 0 unspecified atom stereocenters. The van der Waals surface area contributed by atoms with Crippen LogP contribution >= 0.6 is 0 Å². The zero-order chi connectivity index (χ0) is 17.5. The van der Waals surface area contributed by atoms with Crippen molar-refractivity contribution in [1.29, 1.82) is 0 Å². The van der Waals surface area contributed by atoms with Gasteiger partial charge in [-0.2, -0.15) is 0 Å². The van der Waals surface area contributed by atoms with Gasteiger partial charge in [0.15, 0.2) is 0 Å². The second-order valence-electron chi connectivity index (χ2n) is 5.64. The third kappa shape index (κ3) is 4.44. The van der Waals surface area contributed by atoms with Crippen molar-refractivity contribution in [3.05, 3.63) is 89.7 Å². The minimum atomic E-state index is -0.109. The van der Waals surface area contributed by atoms with E-state index in [4.69, 9.17) is 4.74 Å². The summed E-state index contributed by atoms with van der Waals surface area (Å²) >= 11 is 0. The number of aromatic nitrogens is 1. The summed E-state index contributed by atoms with van der Waals surface area (Å²) in [6, 6.07) is 18.9. The molecule has 0 aliphatic carbocycles. The highest BCUT2D eigenvalue weighted by atomic mass is 16.5. The van der Waals surface area contributed by atoms with Crippen LogP contribution in [0.2, 0.25) is 0 Å². The molecule has 1 N–H and O–H groups in total. The van der Waals surface area contributed by atoms with Crippen LogP contribution in [-0.4, -0.2) is 10.9 Å². The summed E-state index contributed by atoms with van der Waals surface area (Å²) in [6.07, 6.45) is 4.32. The largest absolute Gasteiger partial charge is 0.489 e. The van der Waals surface area contributed by atoms with Gasteiger partial charge in [-0.1, -0.05) is 37.3 Å². The van der Waals surface area contributed by atoms with E-state index >= 15 is 0 Å². The van der Waals surface area contributed by atoms with Gasteiger partial charge in [0.2, 0.25) is 0 Å². The van der Waals surface area contributed by atoms with Crippen molar-refractivity contribution in [2.45, 2.75) is 20.0 Å². The van der Waals surface area contributed by atoms with Crippen molar-refractivity contribution in [2.75, 3.05) is 5.32 Å². The number of nitrogens with one attached hydrogen (secondary N) is 1. The van der Waals surface area contributed by atoms with Crippen LogP contribution in [0.3, 0.4) is 0 Å². The molecule has 1 aromatic heterocycles. The Morgan fingerprint density at radius 2 is 1.96 bits per heavy atom. The molecule has 126 valence electrons. The first-order chi connectivity index (χ1) is 12.3. The Morgan fingerprint density at radius 3 is 2.76 bits per heavy atom. The number of pyridine rings is 1. The van der Waals surface area contributed by atoms with Crippen molar-refractivity contribution in [3.8, 4) is 5.75 Å². The Hall–Kier alpha value is -3.14. The molecule has 0 radical (unpaired) electrons. The van der Waals surface area contributed by atoms with Crippen molar-refractivity contribution in [1.82, 2.24) is 4.98 Å². The number of rotatable bonds is 6. The molecule has 1 amide bonds. The number of carbonyl (C=O) groups excluding carboxylic acids is 1. The van der Waals surface area contributed by atoms with E-state index < -0.39 is 0 Å². The van der Waals surface area contributed by atoms with E-state index in [0.717, 1.165) is 17.5 Å². The number of carbonyl (C=O) groups is 1. The summed E-state index contributed by atoms with van der Waals surface area (Å²) in [7, 11) is 0. The van der Waals surface area contributed by atoms with Gasteiger partial charge in [0.25, 0.3) is 5.91 Å². The molecule has 0 atom stereocenters. The minimum absolute atomic E-state index is 0.109. The smallest absolute Gasteiger partial charge is 0.255 e. The lowest BCUT2D eigenvalue weighted by Crippen LogP contribution is -2.14. The van der Waals surface area contributed by atoms with E-state index in [2.05, 4.69) is 10.3 Å². The average Bonchev–Trinajstić information content (AvgIpc) is 2.67. The van der Waals surface area contributed by atoms with Crippen LogP contribution in [0, 0.1) is 0 Å². The predicted octanol–water partition coefficient (Wildman–Crippen LogP) is 4.48. The van der Waals surface area contributed by atoms with Gasteiger partial charge in [-0.3, -0.25) is 9.78 Å². The SMILES string of the molecule is CCc1ccccc1C(=O)Nc1cccc(OCc2cccnc2)c1. The molecule has 2 aromatic carbocycles. The maximum atomic E-state index is 12.5. The standard InChI is InChI=1S/C21H20N2O2/c1-2-17-8-3-4-11-20(17)21(24)23-18-9-5-10-19(13-18)25-15-16-7-6-12-22-14-16/h3-14H,2,15H2,1H3,(H,23,24). The molecule has 3 rings (SSSR count). The molecule has 0 fully saturated rings. The van der Waals surface area contributed by atoms with Crippen LogP contribution in [0.4, 0.5) is 5.69 Å². The fourth-order valence-electron chi connectivity index (χ4n) is 2.56. The van der Waals surface area contributed by atoms with Crippen LogP contribution in [0.5, 0.6) is 5.75 Å². The molecular weight excluding hydrogens is 312 g/mol. The first-order valence-corrected chi connectivity index (χ1v) is 8.27. The third-order valence-electron chi connectivity index (χ3n) is 3.86. The lowest BCUT2D eigenvalue weighted by atomic mass is 10.0. The zero-order valence-corrected chi connectivity index (χ0v) is 14.1. The first-order valence-electron chi connectivity index (χ1n) is 8.27. The number of aryl methyl sites for hydroxylation is 1. The highest BCUT2D eigenvalue weighted by Crippen LogP contribution is 2.20. The average molecular weight is 332 g/mol. The van der Waals surface area contributed by atoms with Crippen LogP contribution in [-0.2, 0) is 13.0 Å².